The lowest BCUT2D eigenvalue weighted by atomic mass is 10.1. The summed E-state index contributed by atoms with van der Waals surface area (Å²) in [6.45, 7) is 5.82. The van der Waals surface area contributed by atoms with Crippen molar-refractivity contribution in [2.24, 2.45) is 0 Å². The predicted octanol–water partition coefficient (Wildman–Crippen LogP) is 2.08. The van der Waals surface area contributed by atoms with E-state index in [1.807, 2.05) is 13.0 Å². The average Bonchev–Trinajstić information content (AvgIpc) is 3.04. The normalized spacial score (nSPS) is 15.8. The van der Waals surface area contributed by atoms with Crippen molar-refractivity contribution in [1.82, 2.24) is 19.7 Å². The Morgan fingerprint density at radius 2 is 2.09 bits per heavy atom. The Morgan fingerprint density at radius 3 is 2.70 bits per heavy atom. The summed E-state index contributed by atoms with van der Waals surface area (Å²) in [7, 11) is 0. The van der Waals surface area contributed by atoms with Crippen LogP contribution in [0.25, 0.3) is 0 Å². The fourth-order valence-corrected chi connectivity index (χ4v) is 2.94. The zero-order valence-corrected chi connectivity index (χ0v) is 13.4. The van der Waals surface area contributed by atoms with E-state index >= 15 is 0 Å². The second-order valence-corrected chi connectivity index (χ2v) is 5.87. The molecule has 1 saturated heterocycles. The van der Waals surface area contributed by atoms with Crippen LogP contribution in [0.15, 0.2) is 18.5 Å². The molecule has 3 heterocycles. The van der Waals surface area contributed by atoms with Crippen LogP contribution in [-0.4, -0.2) is 43.9 Å². The molecule has 122 valence electrons. The van der Waals surface area contributed by atoms with Crippen LogP contribution in [-0.2, 0) is 6.42 Å². The first kappa shape index (κ1) is 15.5. The Balaban J connectivity index is 1.68. The van der Waals surface area contributed by atoms with Crippen molar-refractivity contribution < 1.29 is 9.90 Å². The highest BCUT2D eigenvalue weighted by atomic mass is 16.4. The third-order valence-corrected chi connectivity index (χ3v) is 4.21. The number of hydrogen-bond acceptors (Lipinski definition) is 5. The lowest BCUT2D eigenvalue weighted by molar-refractivity contribution is 0.0696. The summed E-state index contributed by atoms with van der Waals surface area (Å²) >= 11 is 0. The molecule has 1 N–H and O–H groups in total. The van der Waals surface area contributed by atoms with Crippen molar-refractivity contribution in [3.05, 3.63) is 35.5 Å². The third-order valence-electron chi connectivity index (χ3n) is 4.21. The number of anilines is 1. The Bertz CT molecular complexity index is 704. The smallest absolute Gasteiger partial charge is 0.338 e. The highest BCUT2D eigenvalue weighted by Gasteiger charge is 2.23. The highest BCUT2D eigenvalue weighted by Crippen LogP contribution is 2.25. The lowest BCUT2D eigenvalue weighted by Gasteiger charge is -2.33. The number of carboxylic acid groups (broad SMARTS) is 1. The van der Waals surface area contributed by atoms with Crippen molar-refractivity contribution in [3.63, 3.8) is 0 Å². The quantitative estimate of drug-likeness (QED) is 0.930. The summed E-state index contributed by atoms with van der Waals surface area (Å²) in [6, 6.07) is 2.27. The summed E-state index contributed by atoms with van der Waals surface area (Å²) in [4.78, 5) is 22.3. The van der Waals surface area contributed by atoms with Gasteiger partial charge in [0.25, 0.3) is 0 Å². The lowest BCUT2D eigenvalue weighted by Crippen LogP contribution is -2.35. The minimum absolute atomic E-state index is 0.242. The predicted molar refractivity (Wildman–Crippen MR) is 85.8 cm³/mol. The molecule has 3 rings (SSSR count). The van der Waals surface area contributed by atoms with Gasteiger partial charge < -0.3 is 10.0 Å². The topological polar surface area (TPSA) is 84.1 Å². The van der Waals surface area contributed by atoms with Crippen LogP contribution in [0.3, 0.4) is 0 Å². The summed E-state index contributed by atoms with van der Waals surface area (Å²) in [5.41, 5.74) is 1.23. The van der Waals surface area contributed by atoms with Gasteiger partial charge in [-0.05, 0) is 19.8 Å². The van der Waals surface area contributed by atoms with Gasteiger partial charge in [-0.25, -0.2) is 14.8 Å². The number of aryl methyl sites for hydroxylation is 2. The molecule has 23 heavy (non-hydrogen) atoms. The van der Waals surface area contributed by atoms with Gasteiger partial charge >= 0.3 is 5.97 Å². The zero-order chi connectivity index (χ0) is 16.4. The second-order valence-electron chi connectivity index (χ2n) is 5.87. The molecule has 0 radical (unpaired) electrons. The maximum atomic E-state index is 11.0. The van der Waals surface area contributed by atoms with Crippen LogP contribution in [0.4, 0.5) is 5.82 Å². The number of nitrogens with zero attached hydrogens (tertiary/aromatic N) is 5. The molecule has 2 aromatic rings. The Morgan fingerprint density at radius 1 is 1.35 bits per heavy atom. The molecule has 0 bridgehead atoms. The molecular weight excluding hydrogens is 294 g/mol. The number of rotatable bonds is 4. The number of carboxylic acids is 1. The Hall–Kier alpha value is -2.44. The maximum absolute atomic E-state index is 11.0. The van der Waals surface area contributed by atoms with Gasteiger partial charge in [0.15, 0.2) is 0 Å². The summed E-state index contributed by atoms with van der Waals surface area (Å²) in [6.07, 6.45) is 5.70. The van der Waals surface area contributed by atoms with E-state index < -0.39 is 5.97 Å². The molecule has 0 amide bonds. The van der Waals surface area contributed by atoms with Crippen LogP contribution in [0, 0.1) is 6.92 Å². The minimum atomic E-state index is -0.933. The molecular formula is C16H21N5O2. The van der Waals surface area contributed by atoms with E-state index in [0.717, 1.165) is 49.7 Å². The fraction of sp³-hybridized carbons (Fsp3) is 0.500. The molecule has 0 spiro atoms. The SMILES string of the molecule is CCc1nc(C)cc(N2CCC(n3cc(C(=O)O)cn3)CC2)n1. The second kappa shape index (κ2) is 6.36. The number of aromatic nitrogens is 4. The van der Waals surface area contributed by atoms with Gasteiger partial charge in [0.05, 0.1) is 17.8 Å². The van der Waals surface area contributed by atoms with E-state index in [2.05, 4.69) is 26.9 Å². The number of piperidine rings is 1. The molecule has 1 aliphatic heterocycles. The molecule has 0 aromatic carbocycles. The molecule has 2 aromatic heterocycles. The van der Waals surface area contributed by atoms with Crippen molar-refractivity contribution in [1.29, 1.82) is 0 Å². The Labute approximate surface area is 135 Å². The van der Waals surface area contributed by atoms with Gasteiger partial charge in [-0.1, -0.05) is 6.92 Å². The Kier molecular flexibility index (Phi) is 4.27. The van der Waals surface area contributed by atoms with Crippen molar-refractivity contribution in [2.45, 2.75) is 39.2 Å². The van der Waals surface area contributed by atoms with Crippen LogP contribution < -0.4 is 4.90 Å². The zero-order valence-electron chi connectivity index (χ0n) is 13.4. The van der Waals surface area contributed by atoms with E-state index in [-0.39, 0.29) is 11.6 Å². The van der Waals surface area contributed by atoms with Gasteiger partial charge in [0.2, 0.25) is 0 Å². The van der Waals surface area contributed by atoms with E-state index in [4.69, 9.17) is 5.11 Å². The summed E-state index contributed by atoms with van der Waals surface area (Å²) in [5, 5.41) is 13.2. The van der Waals surface area contributed by atoms with Gasteiger partial charge in [0.1, 0.15) is 11.6 Å². The highest BCUT2D eigenvalue weighted by molar-refractivity contribution is 5.86. The average molecular weight is 315 g/mol. The van der Waals surface area contributed by atoms with Gasteiger partial charge in [-0.15, -0.1) is 0 Å². The van der Waals surface area contributed by atoms with Gasteiger partial charge in [-0.3, -0.25) is 4.68 Å². The molecule has 7 nitrogen and oxygen atoms in total. The minimum Gasteiger partial charge on any atom is -0.478 e. The van der Waals surface area contributed by atoms with E-state index in [1.54, 1.807) is 10.9 Å². The number of aromatic carboxylic acids is 1. The summed E-state index contributed by atoms with van der Waals surface area (Å²) in [5.74, 6) is 0.928. The maximum Gasteiger partial charge on any atom is 0.338 e. The molecule has 1 aliphatic rings. The van der Waals surface area contributed by atoms with Crippen LogP contribution in [0.1, 0.15) is 47.7 Å². The first-order chi connectivity index (χ1) is 11.1. The molecule has 0 aliphatic carbocycles. The fourth-order valence-electron chi connectivity index (χ4n) is 2.94. The van der Waals surface area contributed by atoms with Crippen molar-refractivity contribution in [2.75, 3.05) is 18.0 Å². The largest absolute Gasteiger partial charge is 0.478 e. The van der Waals surface area contributed by atoms with Crippen molar-refractivity contribution in [3.8, 4) is 0 Å². The third kappa shape index (κ3) is 3.33. The number of carbonyl (C=O) groups is 1. The van der Waals surface area contributed by atoms with Crippen LogP contribution >= 0.6 is 0 Å². The first-order valence-corrected chi connectivity index (χ1v) is 7.93. The van der Waals surface area contributed by atoms with Gasteiger partial charge in [0, 0.05) is 37.5 Å². The molecule has 1 fully saturated rings. The monoisotopic (exact) mass is 315 g/mol. The molecule has 7 heteroatoms. The molecule has 0 saturated carbocycles. The van der Waals surface area contributed by atoms with Crippen LogP contribution in [0.5, 0.6) is 0 Å². The van der Waals surface area contributed by atoms with Crippen molar-refractivity contribution >= 4 is 11.8 Å². The summed E-state index contributed by atoms with van der Waals surface area (Å²) < 4.78 is 1.78. The van der Waals surface area contributed by atoms with Gasteiger partial charge in [-0.2, -0.15) is 5.10 Å². The number of hydrogen-bond donors (Lipinski definition) is 1. The van der Waals surface area contributed by atoms with E-state index in [9.17, 15) is 4.79 Å². The molecule has 0 atom stereocenters. The van der Waals surface area contributed by atoms with E-state index in [0.29, 0.717) is 0 Å². The molecule has 0 unspecified atom stereocenters. The van der Waals surface area contributed by atoms with Crippen LogP contribution in [0.2, 0.25) is 0 Å². The van der Waals surface area contributed by atoms with E-state index in [1.165, 1.54) is 6.20 Å². The first-order valence-electron chi connectivity index (χ1n) is 7.93. The standard InChI is InChI=1S/C16H21N5O2/c1-3-14-18-11(2)8-15(19-14)20-6-4-13(5-7-20)21-10-12(9-17-21)16(22)23/h8-10,13H,3-7H2,1-2H3,(H,22,23).